The van der Waals surface area contributed by atoms with E-state index in [1.54, 1.807) is 6.92 Å². The number of unbranched alkanes of at least 4 members (excludes halogenated alkanes) is 3. The van der Waals surface area contributed by atoms with Crippen molar-refractivity contribution in [2.45, 2.75) is 103 Å². The molecule has 0 spiro atoms. The van der Waals surface area contributed by atoms with E-state index in [1.165, 1.54) is 80.2 Å². The zero-order valence-electron chi connectivity index (χ0n) is 28.7. The van der Waals surface area contributed by atoms with Crippen LogP contribution in [0.5, 0.6) is 0 Å². The van der Waals surface area contributed by atoms with Crippen LogP contribution < -0.4 is 10.2 Å². The number of nitrogens with one attached hydrogen (secondary N) is 1. The number of fused-ring (bicyclic) bond motifs is 4. The molecule has 5 atom stereocenters. The second-order valence-electron chi connectivity index (χ2n) is 15.0. The van der Waals surface area contributed by atoms with Gasteiger partial charge < -0.3 is 19.9 Å². The average molecular weight is 630 g/mol. The molecule has 5 aliphatic rings. The van der Waals surface area contributed by atoms with Crippen LogP contribution in [0.25, 0.3) is 0 Å². The maximum atomic E-state index is 13.4. The van der Waals surface area contributed by atoms with Gasteiger partial charge in [-0.15, -0.1) is 0 Å². The summed E-state index contributed by atoms with van der Waals surface area (Å²) in [5, 5.41) is 3.43. The Morgan fingerprint density at radius 3 is 2.46 bits per heavy atom. The van der Waals surface area contributed by atoms with Gasteiger partial charge in [0.05, 0.1) is 0 Å². The van der Waals surface area contributed by atoms with Crippen LogP contribution in [0.2, 0.25) is 0 Å². The average Bonchev–Trinajstić information content (AvgIpc) is 3.34. The van der Waals surface area contributed by atoms with Crippen molar-refractivity contribution in [1.82, 2.24) is 10.2 Å². The highest BCUT2D eigenvalue weighted by Crippen LogP contribution is 2.67. The van der Waals surface area contributed by atoms with Gasteiger partial charge in [0, 0.05) is 70.1 Å². The van der Waals surface area contributed by atoms with Gasteiger partial charge in [-0.05, 0) is 112 Å². The lowest BCUT2D eigenvalue weighted by Gasteiger charge is -2.55. The molecule has 1 aromatic carbocycles. The lowest BCUT2D eigenvalue weighted by molar-refractivity contribution is -0.182. The topological polar surface area (TPSA) is 79.0 Å². The van der Waals surface area contributed by atoms with E-state index in [2.05, 4.69) is 53.4 Å². The van der Waals surface area contributed by atoms with Crippen LogP contribution in [0.3, 0.4) is 0 Å². The number of esters is 1. The van der Waals surface area contributed by atoms with Gasteiger partial charge in [0.15, 0.2) is 17.2 Å². The van der Waals surface area contributed by atoms with Crippen molar-refractivity contribution in [3.63, 3.8) is 0 Å². The molecule has 0 radical (unpaired) electrons. The Bertz CT molecular complexity index is 1380. The molecule has 0 amide bonds. The number of rotatable bonds is 11. The highest BCUT2D eigenvalue weighted by atomic mass is 16.6. The fourth-order valence-corrected chi connectivity index (χ4v) is 10.1. The quantitative estimate of drug-likeness (QED) is 0.225. The summed E-state index contributed by atoms with van der Waals surface area (Å²) >= 11 is 0. The molecule has 1 N–H and O–H groups in total. The van der Waals surface area contributed by atoms with Crippen LogP contribution in [-0.2, 0) is 19.1 Å². The number of Topliss-reactive ketones (excluding diaryl/α,β-unsaturated/α-hetero) is 1. The van der Waals surface area contributed by atoms with Gasteiger partial charge in [0.25, 0.3) is 0 Å². The molecule has 7 heteroatoms. The van der Waals surface area contributed by atoms with E-state index in [9.17, 15) is 14.4 Å². The SMILES string of the molecule is CC(=O)O[C@]1(C(C)=O)CC[C@H]2[C@@H]3CCC4=CC(=O)CCC4=C3[C@@H](c3ccc(N(C)CCCCCCN4CCNCC4)cc3)C[C@@]21C. The molecular formula is C39H55N3O4. The molecule has 2 saturated carbocycles. The number of piperazine rings is 1. The lowest BCUT2D eigenvalue weighted by Crippen LogP contribution is -2.57. The van der Waals surface area contributed by atoms with E-state index in [4.69, 9.17) is 4.74 Å². The fourth-order valence-electron chi connectivity index (χ4n) is 10.1. The summed E-state index contributed by atoms with van der Waals surface area (Å²) in [5.74, 6) is 0.576. The maximum Gasteiger partial charge on any atom is 0.303 e. The zero-order valence-corrected chi connectivity index (χ0v) is 28.7. The molecule has 4 aliphatic carbocycles. The van der Waals surface area contributed by atoms with Gasteiger partial charge >= 0.3 is 5.97 Å². The van der Waals surface area contributed by atoms with E-state index in [-0.39, 0.29) is 29.4 Å². The number of allylic oxidation sites excluding steroid dienone is 4. The number of hydrogen-bond donors (Lipinski definition) is 1. The van der Waals surface area contributed by atoms with Crippen LogP contribution in [0.1, 0.15) is 103 Å². The minimum atomic E-state index is -1.08. The predicted molar refractivity (Wildman–Crippen MR) is 183 cm³/mol. The number of hydrogen-bond acceptors (Lipinski definition) is 7. The zero-order chi connectivity index (χ0) is 32.5. The van der Waals surface area contributed by atoms with Crippen molar-refractivity contribution in [2.24, 2.45) is 17.3 Å². The molecular weight excluding hydrogens is 574 g/mol. The Balaban J connectivity index is 1.21. The Kier molecular flexibility index (Phi) is 9.91. The normalized spacial score (nSPS) is 31.1. The highest BCUT2D eigenvalue weighted by molar-refractivity contribution is 5.93. The second-order valence-corrected chi connectivity index (χ2v) is 15.0. The molecule has 250 valence electrons. The van der Waals surface area contributed by atoms with Crippen molar-refractivity contribution < 1.29 is 19.1 Å². The lowest BCUT2D eigenvalue weighted by atomic mass is 9.50. The van der Waals surface area contributed by atoms with Crippen LogP contribution in [-0.4, -0.2) is 74.4 Å². The van der Waals surface area contributed by atoms with Crippen molar-refractivity contribution in [1.29, 1.82) is 0 Å². The van der Waals surface area contributed by atoms with Gasteiger partial charge in [-0.2, -0.15) is 0 Å². The molecule has 3 fully saturated rings. The van der Waals surface area contributed by atoms with E-state index >= 15 is 0 Å². The first kappa shape index (κ1) is 33.1. The van der Waals surface area contributed by atoms with Crippen molar-refractivity contribution in [3.05, 3.63) is 52.6 Å². The first-order valence-corrected chi connectivity index (χ1v) is 18.0. The summed E-state index contributed by atoms with van der Waals surface area (Å²) in [6, 6.07) is 9.11. The summed E-state index contributed by atoms with van der Waals surface area (Å²) in [6.45, 7) is 12.1. The Morgan fingerprint density at radius 1 is 1.00 bits per heavy atom. The highest BCUT2D eigenvalue weighted by Gasteiger charge is 2.67. The van der Waals surface area contributed by atoms with E-state index < -0.39 is 11.0 Å². The van der Waals surface area contributed by atoms with Gasteiger partial charge in [-0.25, -0.2) is 0 Å². The standard InChI is InChI=1S/C39H55N3O4/c1-27(43)39(46-28(2)44)18-17-36-34-15-11-30-25-32(45)14-16-33(30)37(34)35(26-38(36,39)3)29-9-12-31(13-10-29)41(4)21-7-5-6-8-22-42-23-19-40-20-24-42/h9-10,12-13,25,34-36,40H,5-8,11,14-24,26H2,1-4H3/t34-,35+,36-,38-,39-/m0/s1. The number of ether oxygens (including phenoxy) is 1. The minimum Gasteiger partial charge on any atom is -0.451 e. The van der Waals surface area contributed by atoms with Crippen LogP contribution in [0.4, 0.5) is 5.69 Å². The smallest absolute Gasteiger partial charge is 0.303 e. The maximum absolute atomic E-state index is 13.4. The summed E-state index contributed by atoms with van der Waals surface area (Å²) in [6.07, 6.45) is 12.5. The molecule has 1 aromatic rings. The van der Waals surface area contributed by atoms with E-state index in [1.807, 2.05) is 6.08 Å². The monoisotopic (exact) mass is 629 g/mol. The Labute approximate surface area is 276 Å². The van der Waals surface area contributed by atoms with Crippen molar-refractivity contribution in [3.8, 4) is 0 Å². The second kappa shape index (κ2) is 13.8. The molecule has 1 saturated heterocycles. The summed E-state index contributed by atoms with van der Waals surface area (Å²) in [7, 11) is 2.19. The number of benzene rings is 1. The minimum absolute atomic E-state index is 0.0250. The number of anilines is 1. The molecule has 46 heavy (non-hydrogen) atoms. The molecule has 1 heterocycles. The summed E-state index contributed by atoms with van der Waals surface area (Å²) in [5.41, 5.74) is 5.09. The number of nitrogens with zero attached hydrogens (tertiary/aromatic N) is 2. The van der Waals surface area contributed by atoms with Crippen LogP contribution in [0.15, 0.2) is 47.1 Å². The third-order valence-electron chi connectivity index (χ3n) is 12.4. The summed E-state index contributed by atoms with van der Waals surface area (Å²) < 4.78 is 6.09. The predicted octanol–water partition coefficient (Wildman–Crippen LogP) is 6.38. The van der Waals surface area contributed by atoms with Gasteiger partial charge in [0.2, 0.25) is 0 Å². The van der Waals surface area contributed by atoms with Gasteiger partial charge in [-0.3, -0.25) is 14.4 Å². The van der Waals surface area contributed by atoms with Crippen molar-refractivity contribution >= 4 is 23.2 Å². The number of carbonyl (C=O) groups excluding carboxylic acids is 3. The Morgan fingerprint density at radius 2 is 1.74 bits per heavy atom. The third-order valence-corrected chi connectivity index (χ3v) is 12.4. The first-order valence-electron chi connectivity index (χ1n) is 18.0. The molecule has 0 unspecified atom stereocenters. The van der Waals surface area contributed by atoms with Crippen LogP contribution in [0, 0.1) is 17.3 Å². The fraction of sp³-hybridized carbons (Fsp3) is 0.667. The molecule has 0 bridgehead atoms. The number of carbonyl (C=O) groups is 3. The van der Waals surface area contributed by atoms with Crippen LogP contribution >= 0.6 is 0 Å². The molecule has 7 nitrogen and oxygen atoms in total. The third kappa shape index (κ3) is 6.26. The molecule has 1 aliphatic heterocycles. The van der Waals surface area contributed by atoms with E-state index in [0.717, 1.165) is 51.7 Å². The first-order chi connectivity index (χ1) is 22.1. The van der Waals surface area contributed by atoms with Crippen molar-refractivity contribution in [2.75, 3.05) is 51.2 Å². The largest absolute Gasteiger partial charge is 0.451 e. The summed E-state index contributed by atoms with van der Waals surface area (Å²) in [4.78, 5) is 43.2. The van der Waals surface area contributed by atoms with Gasteiger partial charge in [0.1, 0.15) is 0 Å². The molecule has 0 aromatic heterocycles. The molecule has 6 rings (SSSR count). The van der Waals surface area contributed by atoms with Gasteiger partial charge in [-0.1, -0.05) is 37.5 Å². The Hall–Kier alpha value is -2.77. The van der Waals surface area contributed by atoms with E-state index in [0.29, 0.717) is 18.8 Å². The number of ketones is 2.